The summed E-state index contributed by atoms with van der Waals surface area (Å²) in [5, 5.41) is 7.53. The monoisotopic (exact) mass is 354 g/mol. The van der Waals surface area contributed by atoms with Crippen molar-refractivity contribution in [1.82, 2.24) is 24.5 Å². The average molecular weight is 354 g/mol. The molecule has 2 aromatic heterocycles. The fourth-order valence-electron chi connectivity index (χ4n) is 3.21. The van der Waals surface area contributed by atoms with Gasteiger partial charge in [-0.3, -0.25) is 4.79 Å². The van der Waals surface area contributed by atoms with Crippen LogP contribution in [0.1, 0.15) is 23.2 Å². The van der Waals surface area contributed by atoms with Crippen molar-refractivity contribution in [2.75, 3.05) is 11.9 Å². The smallest absolute Gasteiger partial charge is 0.254 e. The molecule has 3 heterocycles. The zero-order chi connectivity index (χ0) is 18.3. The van der Waals surface area contributed by atoms with Crippen molar-refractivity contribution in [2.24, 2.45) is 0 Å². The van der Waals surface area contributed by atoms with Crippen molar-refractivity contribution in [3.8, 4) is 0 Å². The number of carbonyl (C=O) groups is 1. The number of halogens is 1. The highest BCUT2D eigenvalue weighted by Crippen LogP contribution is 2.23. The number of anilines is 1. The van der Waals surface area contributed by atoms with Gasteiger partial charge in [-0.1, -0.05) is 12.1 Å². The molecule has 0 aliphatic carbocycles. The number of amides is 1. The number of hydrogen-bond acceptors (Lipinski definition) is 5. The lowest BCUT2D eigenvalue weighted by Gasteiger charge is -2.19. The summed E-state index contributed by atoms with van der Waals surface area (Å²) >= 11 is 0. The largest absolute Gasteiger partial charge is 0.358 e. The molecule has 1 atom stereocenters. The Morgan fingerprint density at radius 2 is 2.04 bits per heavy atom. The second-order valence-corrected chi connectivity index (χ2v) is 6.51. The number of likely N-dealkylation sites (tertiary alicyclic amines) is 1. The molecule has 1 aliphatic rings. The van der Waals surface area contributed by atoms with Gasteiger partial charge in [0.1, 0.15) is 24.0 Å². The van der Waals surface area contributed by atoms with E-state index >= 15 is 0 Å². The number of aryl methyl sites for hydroxylation is 1. The van der Waals surface area contributed by atoms with Crippen molar-refractivity contribution in [1.29, 1.82) is 0 Å². The first-order valence-corrected chi connectivity index (χ1v) is 8.49. The highest BCUT2D eigenvalue weighted by molar-refractivity contribution is 5.86. The van der Waals surface area contributed by atoms with E-state index in [4.69, 9.17) is 0 Å². The number of aromatic nitrogens is 4. The zero-order valence-electron chi connectivity index (χ0n) is 14.6. The normalized spacial score (nSPS) is 17.3. The van der Waals surface area contributed by atoms with Crippen molar-refractivity contribution in [3.05, 3.63) is 53.2 Å². The van der Waals surface area contributed by atoms with E-state index < -0.39 is 0 Å². The average Bonchev–Trinajstić information content (AvgIpc) is 3.22. The SMILES string of the molecule is Cc1nc2ncnn2c(NC2CCN(Cc3ccc(F)cc3)C2=O)c1C. The first-order valence-electron chi connectivity index (χ1n) is 8.49. The molecule has 0 saturated carbocycles. The van der Waals surface area contributed by atoms with Gasteiger partial charge in [-0.2, -0.15) is 14.6 Å². The number of rotatable bonds is 4. The summed E-state index contributed by atoms with van der Waals surface area (Å²) in [6.07, 6.45) is 2.14. The van der Waals surface area contributed by atoms with E-state index in [0.29, 0.717) is 25.3 Å². The van der Waals surface area contributed by atoms with Gasteiger partial charge in [0.2, 0.25) is 5.91 Å². The Kier molecular flexibility index (Phi) is 4.02. The Morgan fingerprint density at radius 3 is 2.81 bits per heavy atom. The number of fused-ring (bicyclic) bond motifs is 1. The second-order valence-electron chi connectivity index (χ2n) is 6.51. The van der Waals surface area contributed by atoms with Crippen LogP contribution >= 0.6 is 0 Å². The molecule has 3 aromatic rings. The van der Waals surface area contributed by atoms with Gasteiger partial charge in [-0.25, -0.2) is 9.37 Å². The van der Waals surface area contributed by atoms with Gasteiger partial charge in [0.05, 0.1) is 0 Å². The topological polar surface area (TPSA) is 75.4 Å². The van der Waals surface area contributed by atoms with E-state index in [2.05, 4.69) is 20.4 Å². The molecule has 0 spiro atoms. The Bertz CT molecular complexity index is 968. The minimum absolute atomic E-state index is 0.0245. The summed E-state index contributed by atoms with van der Waals surface area (Å²) < 4.78 is 14.7. The van der Waals surface area contributed by atoms with Gasteiger partial charge in [0.25, 0.3) is 5.78 Å². The number of hydrogen-bond donors (Lipinski definition) is 1. The summed E-state index contributed by atoms with van der Waals surface area (Å²) in [4.78, 5) is 23.1. The fourth-order valence-corrected chi connectivity index (χ4v) is 3.21. The van der Waals surface area contributed by atoms with Crippen LogP contribution in [0, 0.1) is 19.7 Å². The van der Waals surface area contributed by atoms with E-state index in [-0.39, 0.29) is 17.8 Å². The molecule has 0 bridgehead atoms. The molecule has 1 amide bonds. The molecule has 1 fully saturated rings. The van der Waals surface area contributed by atoms with Crippen molar-refractivity contribution in [3.63, 3.8) is 0 Å². The Balaban J connectivity index is 1.53. The molecule has 1 N–H and O–H groups in total. The molecule has 134 valence electrons. The highest BCUT2D eigenvalue weighted by Gasteiger charge is 2.32. The lowest BCUT2D eigenvalue weighted by Crippen LogP contribution is -2.34. The maximum atomic E-state index is 13.0. The van der Waals surface area contributed by atoms with E-state index in [9.17, 15) is 9.18 Å². The van der Waals surface area contributed by atoms with Crippen LogP contribution in [0.5, 0.6) is 0 Å². The van der Waals surface area contributed by atoms with E-state index in [0.717, 1.165) is 22.6 Å². The molecule has 1 saturated heterocycles. The Hall–Kier alpha value is -3.03. The molecule has 7 nitrogen and oxygen atoms in total. The molecule has 1 aliphatic heterocycles. The van der Waals surface area contributed by atoms with Crippen LogP contribution in [0.25, 0.3) is 5.78 Å². The second kappa shape index (κ2) is 6.36. The lowest BCUT2D eigenvalue weighted by atomic mass is 10.2. The molecule has 1 unspecified atom stereocenters. The number of nitrogens with one attached hydrogen (secondary N) is 1. The van der Waals surface area contributed by atoms with Gasteiger partial charge in [0, 0.05) is 24.3 Å². The van der Waals surface area contributed by atoms with Gasteiger partial charge < -0.3 is 10.2 Å². The van der Waals surface area contributed by atoms with Gasteiger partial charge >= 0.3 is 0 Å². The van der Waals surface area contributed by atoms with Crippen LogP contribution < -0.4 is 5.32 Å². The standard InChI is InChI=1S/C18H19FN6O/c1-11-12(2)22-18-20-10-21-25(18)16(11)23-15-7-8-24(17(15)26)9-13-3-5-14(19)6-4-13/h3-6,10,15,23H,7-9H2,1-2H3. The summed E-state index contributed by atoms with van der Waals surface area (Å²) in [7, 11) is 0. The molecule has 26 heavy (non-hydrogen) atoms. The predicted octanol–water partition coefficient (Wildman–Crippen LogP) is 2.09. The van der Waals surface area contributed by atoms with Crippen LogP contribution in [0.15, 0.2) is 30.6 Å². The summed E-state index contributed by atoms with van der Waals surface area (Å²) in [6.45, 7) is 4.98. The van der Waals surface area contributed by atoms with Crippen LogP contribution in [-0.4, -0.2) is 43.0 Å². The van der Waals surface area contributed by atoms with Crippen molar-refractivity contribution in [2.45, 2.75) is 32.9 Å². The molecular weight excluding hydrogens is 335 g/mol. The van der Waals surface area contributed by atoms with E-state index in [1.54, 1.807) is 21.5 Å². The minimum atomic E-state index is -0.330. The molecule has 4 rings (SSSR count). The van der Waals surface area contributed by atoms with E-state index in [1.165, 1.54) is 18.5 Å². The lowest BCUT2D eigenvalue weighted by molar-refractivity contribution is -0.128. The highest BCUT2D eigenvalue weighted by atomic mass is 19.1. The molecule has 8 heteroatoms. The number of carbonyl (C=O) groups excluding carboxylic acids is 1. The maximum Gasteiger partial charge on any atom is 0.254 e. The zero-order valence-corrected chi connectivity index (χ0v) is 14.6. The third kappa shape index (κ3) is 2.87. The van der Waals surface area contributed by atoms with Crippen LogP contribution in [0.3, 0.4) is 0 Å². The number of benzene rings is 1. The van der Waals surface area contributed by atoms with Crippen molar-refractivity contribution < 1.29 is 9.18 Å². The minimum Gasteiger partial charge on any atom is -0.358 e. The fraction of sp³-hybridized carbons (Fsp3) is 0.333. The van der Waals surface area contributed by atoms with Gasteiger partial charge in [-0.05, 0) is 38.0 Å². The molecular formula is C18H19FN6O. The van der Waals surface area contributed by atoms with Crippen LogP contribution in [0.2, 0.25) is 0 Å². The van der Waals surface area contributed by atoms with Gasteiger partial charge in [0.15, 0.2) is 0 Å². The van der Waals surface area contributed by atoms with Crippen molar-refractivity contribution >= 4 is 17.5 Å². The van der Waals surface area contributed by atoms with Crippen LogP contribution in [-0.2, 0) is 11.3 Å². The summed E-state index contributed by atoms with van der Waals surface area (Å²) in [5.74, 6) is 0.995. The predicted molar refractivity (Wildman–Crippen MR) is 94.1 cm³/mol. The molecule has 0 radical (unpaired) electrons. The third-order valence-corrected chi connectivity index (χ3v) is 4.80. The Labute approximate surface area is 149 Å². The number of nitrogens with zero attached hydrogens (tertiary/aromatic N) is 5. The first kappa shape index (κ1) is 16.4. The Morgan fingerprint density at radius 1 is 1.27 bits per heavy atom. The van der Waals surface area contributed by atoms with Gasteiger partial charge in [-0.15, -0.1) is 0 Å². The summed E-state index contributed by atoms with van der Waals surface area (Å²) in [5.41, 5.74) is 2.70. The third-order valence-electron chi connectivity index (χ3n) is 4.80. The van der Waals surface area contributed by atoms with E-state index in [1.807, 2.05) is 13.8 Å². The quantitative estimate of drug-likeness (QED) is 0.776. The summed E-state index contributed by atoms with van der Waals surface area (Å²) in [6, 6.07) is 5.91. The molecule has 1 aromatic carbocycles. The maximum absolute atomic E-state index is 13.0. The van der Waals surface area contributed by atoms with Crippen LogP contribution in [0.4, 0.5) is 10.2 Å². The first-order chi connectivity index (χ1) is 12.5.